The molecule has 0 aromatic heterocycles. The average molecular weight is 500 g/mol. The van der Waals surface area contributed by atoms with E-state index in [1.165, 1.54) is 25.9 Å². The molecule has 6 heteroatoms. The third-order valence-electron chi connectivity index (χ3n) is 5.59. The number of rotatable bonds is 6. The molecular formula is C22H37IN4O. The fourth-order valence-electron chi connectivity index (χ4n) is 4.25. The molecule has 3 rings (SSSR count). The van der Waals surface area contributed by atoms with Gasteiger partial charge in [0.05, 0.1) is 0 Å². The van der Waals surface area contributed by atoms with Gasteiger partial charge in [-0.2, -0.15) is 0 Å². The molecule has 5 nitrogen and oxygen atoms in total. The van der Waals surface area contributed by atoms with Crippen molar-refractivity contribution in [3.63, 3.8) is 0 Å². The second-order valence-electron chi connectivity index (χ2n) is 8.23. The summed E-state index contributed by atoms with van der Waals surface area (Å²) in [7, 11) is 1.90. The maximum Gasteiger partial charge on any atom is 0.193 e. The maximum absolute atomic E-state index is 6.12. The van der Waals surface area contributed by atoms with Crippen LogP contribution in [0.5, 0.6) is 5.75 Å². The maximum atomic E-state index is 6.12. The number of guanidine groups is 1. The first kappa shape index (κ1) is 23.3. The van der Waals surface area contributed by atoms with Crippen LogP contribution in [0.25, 0.3) is 0 Å². The Kier molecular flexibility index (Phi) is 9.85. The van der Waals surface area contributed by atoms with Crippen LogP contribution in [0.3, 0.4) is 0 Å². The molecule has 2 fully saturated rings. The van der Waals surface area contributed by atoms with Crippen molar-refractivity contribution in [1.29, 1.82) is 0 Å². The summed E-state index contributed by atoms with van der Waals surface area (Å²) in [6, 6.07) is 10.8. The third kappa shape index (κ3) is 6.79. The Morgan fingerprint density at radius 1 is 1.14 bits per heavy atom. The summed E-state index contributed by atoms with van der Waals surface area (Å²) in [5, 5.41) is 3.64. The van der Waals surface area contributed by atoms with Gasteiger partial charge in [0.2, 0.25) is 0 Å². The molecule has 0 bridgehead atoms. The van der Waals surface area contributed by atoms with E-state index in [0.717, 1.165) is 50.1 Å². The largest absolute Gasteiger partial charge is 0.490 e. The van der Waals surface area contributed by atoms with Gasteiger partial charge in [-0.3, -0.25) is 9.89 Å². The van der Waals surface area contributed by atoms with E-state index < -0.39 is 0 Å². The van der Waals surface area contributed by atoms with Gasteiger partial charge in [0, 0.05) is 52.1 Å². The summed E-state index contributed by atoms with van der Waals surface area (Å²) in [6.07, 6.45) is 5.00. The molecule has 0 spiro atoms. The van der Waals surface area contributed by atoms with Crippen molar-refractivity contribution in [3.8, 4) is 5.75 Å². The van der Waals surface area contributed by atoms with Gasteiger partial charge in [0.15, 0.2) is 5.96 Å². The minimum absolute atomic E-state index is 0. The quantitative estimate of drug-likeness (QED) is 0.366. The second kappa shape index (κ2) is 11.9. The molecule has 0 radical (unpaired) electrons. The molecule has 0 amide bonds. The van der Waals surface area contributed by atoms with Gasteiger partial charge in [-0.05, 0) is 37.4 Å². The number of aliphatic imine (C=N–C) groups is 1. The highest BCUT2D eigenvalue weighted by Crippen LogP contribution is 2.20. The summed E-state index contributed by atoms with van der Waals surface area (Å²) < 4.78 is 6.12. The van der Waals surface area contributed by atoms with Gasteiger partial charge in [0.25, 0.3) is 0 Å². The van der Waals surface area contributed by atoms with Gasteiger partial charge in [-0.25, -0.2) is 0 Å². The normalized spacial score (nSPS) is 21.6. The van der Waals surface area contributed by atoms with E-state index in [1.807, 2.05) is 37.4 Å². The minimum atomic E-state index is 0. The number of ether oxygens (including phenoxy) is 1. The zero-order valence-corrected chi connectivity index (χ0v) is 20.0. The Balaban J connectivity index is 0.00000280. The van der Waals surface area contributed by atoms with E-state index in [1.54, 1.807) is 0 Å². The van der Waals surface area contributed by atoms with Crippen molar-refractivity contribution >= 4 is 29.9 Å². The lowest BCUT2D eigenvalue weighted by molar-refractivity contribution is 0.129. The Bertz CT molecular complexity index is 587. The average Bonchev–Trinajstić information content (AvgIpc) is 3.10. The van der Waals surface area contributed by atoms with E-state index in [9.17, 15) is 0 Å². The molecule has 1 atom stereocenters. The van der Waals surface area contributed by atoms with Crippen molar-refractivity contribution in [2.75, 3.05) is 39.8 Å². The number of likely N-dealkylation sites (tertiary alicyclic amines) is 2. The van der Waals surface area contributed by atoms with E-state index in [2.05, 4.69) is 34.0 Å². The topological polar surface area (TPSA) is 40.1 Å². The molecule has 158 valence electrons. The lowest BCUT2D eigenvalue weighted by Crippen LogP contribution is -2.50. The van der Waals surface area contributed by atoms with Crippen molar-refractivity contribution in [1.82, 2.24) is 15.1 Å². The number of hydrogen-bond acceptors (Lipinski definition) is 3. The number of nitrogens with zero attached hydrogens (tertiary/aromatic N) is 3. The molecule has 2 aliphatic rings. The SMILES string of the molecule is CN=C(NC[C@H]1CCCN1CC(C)C)N1CCC(Oc2ccccc2)CC1.I. The lowest BCUT2D eigenvalue weighted by atomic mass is 10.1. The number of piperidine rings is 1. The summed E-state index contributed by atoms with van der Waals surface area (Å²) in [4.78, 5) is 9.57. The monoisotopic (exact) mass is 500 g/mol. The standard InChI is InChI=1S/C22H36N4O.HI/c1-18(2)17-26-13-7-8-19(26)16-24-22(23-3)25-14-11-21(12-15-25)27-20-9-5-4-6-10-20;/h4-6,9-10,18-19,21H,7-8,11-17H2,1-3H3,(H,23,24);1H/t19-;/m1./s1. The van der Waals surface area contributed by atoms with Crippen LogP contribution < -0.4 is 10.1 Å². The highest BCUT2D eigenvalue weighted by atomic mass is 127. The molecule has 1 aromatic rings. The smallest absolute Gasteiger partial charge is 0.193 e. The summed E-state index contributed by atoms with van der Waals surface area (Å²) >= 11 is 0. The van der Waals surface area contributed by atoms with Crippen LogP contribution in [0.1, 0.15) is 39.5 Å². The van der Waals surface area contributed by atoms with Crippen molar-refractivity contribution in [2.45, 2.75) is 51.7 Å². The molecule has 28 heavy (non-hydrogen) atoms. The predicted molar refractivity (Wildman–Crippen MR) is 128 cm³/mol. The van der Waals surface area contributed by atoms with E-state index in [-0.39, 0.29) is 24.0 Å². The highest BCUT2D eigenvalue weighted by molar-refractivity contribution is 14.0. The van der Waals surface area contributed by atoms with Crippen LogP contribution in [0.4, 0.5) is 0 Å². The van der Waals surface area contributed by atoms with Crippen LogP contribution in [-0.4, -0.2) is 67.7 Å². The first-order valence-corrected chi connectivity index (χ1v) is 10.6. The Morgan fingerprint density at radius 2 is 1.86 bits per heavy atom. The van der Waals surface area contributed by atoms with Crippen LogP contribution >= 0.6 is 24.0 Å². The first-order chi connectivity index (χ1) is 13.2. The molecule has 2 aliphatic heterocycles. The molecule has 1 aromatic carbocycles. The number of benzene rings is 1. The van der Waals surface area contributed by atoms with Gasteiger partial charge >= 0.3 is 0 Å². The van der Waals surface area contributed by atoms with Gasteiger partial charge in [-0.1, -0.05) is 32.0 Å². The van der Waals surface area contributed by atoms with Crippen LogP contribution in [0.15, 0.2) is 35.3 Å². The molecule has 2 heterocycles. The molecule has 2 saturated heterocycles. The second-order valence-corrected chi connectivity index (χ2v) is 8.23. The number of hydrogen-bond donors (Lipinski definition) is 1. The van der Waals surface area contributed by atoms with E-state index in [4.69, 9.17) is 4.74 Å². The van der Waals surface area contributed by atoms with Crippen LogP contribution in [0.2, 0.25) is 0 Å². The van der Waals surface area contributed by atoms with Gasteiger partial charge < -0.3 is 15.0 Å². The molecular weight excluding hydrogens is 463 g/mol. The molecule has 0 aliphatic carbocycles. The zero-order valence-electron chi connectivity index (χ0n) is 17.6. The third-order valence-corrected chi connectivity index (χ3v) is 5.59. The zero-order chi connectivity index (χ0) is 19.1. The van der Waals surface area contributed by atoms with Crippen molar-refractivity contribution in [2.24, 2.45) is 10.9 Å². The van der Waals surface area contributed by atoms with Crippen LogP contribution in [0, 0.1) is 5.92 Å². The number of para-hydroxylation sites is 1. The molecule has 0 saturated carbocycles. The van der Waals surface area contributed by atoms with Crippen LogP contribution in [-0.2, 0) is 0 Å². The fraction of sp³-hybridized carbons (Fsp3) is 0.682. The van der Waals surface area contributed by atoms with Gasteiger partial charge in [0.1, 0.15) is 11.9 Å². The van der Waals surface area contributed by atoms with Gasteiger partial charge in [-0.15, -0.1) is 24.0 Å². The Hall–Kier alpha value is -1.02. The Morgan fingerprint density at radius 3 is 2.50 bits per heavy atom. The van der Waals surface area contributed by atoms with Crippen molar-refractivity contribution in [3.05, 3.63) is 30.3 Å². The summed E-state index contributed by atoms with van der Waals surface area (Å²) in [6.45, 7) is 10.1. The number of halogens is 1. The minimum Gasteiger partial charge on any atom is -0.490 e. The predicted octanol–water partition coefficient (Wildman–Crippen LogP) is 3.84. The van der Waals surface area contributed by atoms with E-state index in [0.29, 0.717) is 12.1 Å². The molecule has 0 unspecified atom stereocenters. The van der Waals surface area contributed by atoms with Crippen molar-refractivity contribution < 1.29 is 4.74 Å². The first-order valence-electron chi connectivity index (χ1n) is 10.6. The summed E-state index contributed by atoms with van der Waals surface area (Å²) in [5.74, 6) is 2.75. The fourth-order valence-corrected chi connectivity index (χ4v) is 4.25. The summed E-state index contributed by atoms with van der Waals surface area (Å²) in [5.41, 5.74) is 0. The number of nitrogens with one attached hydrogen (secondary N) is 1. The van der Waals surface area contributed by atoms with E-state index >= 15 is 0 Å². The molecule has 1 N–H and O–H groups in total. The lowest BCUT2D eigenvalue weighted by Gasteiger charge is -2.35. The Labute approximate surface area is 187 Å². The highest BCUT2D eigenvalue weighted by Gasteiger charge is 2.27.